The Morgan fingerprint density at radius 3 is 2.50 bits per heavy atom. The topological polar surface area (TPSA) is 66.4 Å². The standard InChI is InChI=1S/C14H17F2NO3/c1-8(2)11(7-13(19)20)17-12(18)6-9-4-3-5-10(15)14(9)16/h3-5,8,11H,6-7H2,1-2H3,(H,17,18)(H,19,20). The third-order valence-electron chi connectivity index (χ3n) is 2.93. The summed E-state index contributed by atoms with van der Waals surface area (Å²) in [5.74, 6) is -3.70. The normalized spacial score (nSPS) is 12.2. The van der Waals surface area contributed by atoms with Gasteiger partial charge in [0.25, 0.3) is 0 Å². The number of carbonyl (C=O) groups is 2. The van der Waals surface area contributed by atoms with Crippen molar-refractivity contribution in [1.29, 1.82) is 0 Å². The molecule has 0 saturated carbocycles. The number of hydrogen-bond acceptors (Lipinski definition) is 2. The first kappa shape index (κ1) is 16.1. The fraction of sp³-hybridized carbons (Fsp3) is 0.429. The van der Waals surface area contributed by atoms with Crippen LogP contribution in [0.5, 0.6) is 0 Å². The quantitative estimate of drug-likeness (QED) is 0.841. The summed E-state index contributed by atoms with van der Waals surface area (Å²) in [5, 5.41) is 11.3. The molecule has 0 aliphatic heterocycles. The van der Waals surface area contributed by atoms with E-state index in [0.717, 1.165) is 6.07 Å². The van der Waals surface area contributed by atoms with Gasteiger partial charge in [0.2, 0.25) is 5.91 Å². The van der Waals surface area contributed by atoms with Crippen LogP contribution in [0.25, 0.3) is 0 Å². The summed E-state index contributed by atoms with van der Waals surface area (Å²) >= 11 is 0. The highest BCUT2D eigenvalue weighted by molar-refractivity contribution is 5.79. The molecule has 1 amide bonds. The summed E-state index contributed by atoms with van der Waals surface area (Å²) in [4.78, 5) is 22.5. The van der Waals surface area contributed by atoms with Crippen LogP contribution >= 0.6 is 0 Å². The molecule has 0 spiro atoms. The van der Waals surface area contributed by atoms with Crippen molar-refractivity contribution in [3.63, 3.8) is 0 Å². The highest BCUT2D eigenvalue weighted by atomic mass is 19.2. The van der Waals surface area contributed by atoms with E-state index in [0.29, 0.717) is 0 Å². The zero-order chi connectivity index (χ0) is 15.3. The monoisotopic (exact) mass is 285 g/mol. The molecule has 0 aliphatic rings. The van der Waals surface area contributed by atoms with Gasteiger partial charge in [0.15, 0.2) is 11.6 Å². The van der Waals surface area contributed by atoms with Crippen LogP contribution in [0.1, 0.15) is 25.8 Å². The first-order valence-corrected chi connectivity index (χ1v) is 6.25. The highest BCUT2D eigenvalue weighted by Gasteiger charge is 2.20. The Kier molecular flexibility index (Phi) is 5.61. The average Bonchev–Trinajstić information content (AvgIpc) is 2.33. The summed E-state index contributed by atoms with van der Waals surface area (Å²) in [6.07, 6.45) is -0.540. The molecule has 0 saturated heterocycles. The van der Waals surface area contributed by atoms with Crippen LogP contribution in [0.3, 0.4) is 0 Å². The van der Waals surface area contributed by atoms with Crippen molar-refractivity contribution in [3.05, 3.63) is 35.4 Å². The van der Waals surface area contributed by atoms with Crippen LogP contribution < -0.4 is 5.32 Å². The van der Waals surface area contributed by atoms with E-state index in [1.807, 2.05) is 0 Å². The van der Waals surface area contributed by atoms with Crippen molar-refractivity contribution in [2.75, 3.05) is 0 Å². The molecule has 0 heterocycles. The number of benzene rings is 1. The first-order valence-electron chi connectivity index (χ1n) is 6.25. The van der Waals surface area contributed by atoms with E-state index in [9.17, 15) is 18.4 Å². The molecule has 1 aromatic rings. The van der Waals surface area contributed by atoms with Crippen LogP contribution in [0, 0.1) is 17.6 Å². The van der Waals surface area contributed by atoms with Crippen molar-refractivity contribution in [2.45, 2.75) is 32.7 Å². The predicted molar refractivity (Wildman–Crippen MR) is 69.1 cm³/mol. The molecule has 0 radical (unpaired) electrons. The SMILES string of the molecule is CC(C)C(CC(=O)O)NC(=O)Cc1cccc(F)c1F. The second kappa shape index (κ2) is 6.98. The van der Waals surface area contributed by atoms with Gasteiger partial charge in [-0.25, -0.2) is 8.78 Å². The Bertz CT molecular complexity index is 503. The highest BCUT2D eigenvalue weighted by Crippen LogP contribution is 2.13. The van der Waals surface area contributed by atoms with E-state index in [-0.39, 0.29) is 24.3 Å². The summed E-state index contributed by atoms with van der Waals surface area (Å²) in [5.41, 5.74) is -0.0552. The van der Waals surface area contributed by atoms with E-state index in [1.165, 1.54) is 12.1 Å². The molecular weight excluding hydrogens is 268 g/mol. The molecule has 20 heavy (non-hydrogen) atoms. The predicted octanol–water partition coefficient (Wildman–Crippen LogP) is 2.12. The van der Waals surface area contributed by atoms with Gasteiger partial charge in [0.05, 0.1) is 12.8 Å². The molecular formula is C14H17F2NO3. The smallest absolute Gasteiger partial charge is 0.305 e. The molecule has 0 bridgehead atoms. The minimum atomic E-state index is -1.05. The van der Waals surface area contributed by atoms with Gasteiger partial charge in [0, 0.05) is 11.6 Å². The number of hydrogen-bond donors (Lipinski definition) is 2. The lowest BCUT2D eigenvalue weighted by Gasteiger charge is -2.20. The van der Waals surface area contributed by atoms with E-state index >= 15 is 0 Å². The van der Waals surface area contributed by atoms with Gasteiger partial charge in [-0.15, -0.1) is 0 Å². The maximum atomic E-state index is 13.4. The summed E-state index contributed by atoms with van der Waals surface area (Å²) in [6, 6.07) is 3.06. The van der Waals surface area contributed by atoms with Gasteiger partial charge in [-0.2, -0.15) is 0 Å². The lowest BCUT2D eigenvalue weighted by molar-refractivity contribution is -0.138. The number of carboxylic acids is 1. The molecule has 0 aromatic heterocycles. The van der Waals surface area contributed by atoms with Gasteiger partial charge < -0.3 is 10.4 Å². The lowest BCUT2D eigenvalue weighted by atomic mass is 10.0. The summed E-state index contributed by atoms with van der Waals surface area (Å²) < 4.78 is 26.4. The fourth-order valence-corrected chi connectivity index (χ4v) is 1.76. The zero-order valence-electron chi connectivity index (χ0n) is 11.3. The Morgan fingerprint density at radius 2 is 1.95 bits per heavy atom. The maximum Gasteiger partial charge on any atom is 0.305 e. The van der Waals surface area contributed by atoms with Crippen molar-refractivity contribution >= 4 is 11.9 Å². The van der Waals surface area contributed by atoms with Crippen LogP contribution in [0.4, 0.5) is 8.78 Å². The van der Waals surface area contributed by atoms with Crippen molar-refractivity contribution in [2.24, 2.45) is 5.92 Å². The Labute approximate surface area is 115 Å². The summed E-state index contributed by atoms with van der Waals surface area (Å²) in [7, 11) is 0. The first-order chi connectivity index (χ1) is 9.31. The molecule has 1 aromatic carbocycles. The number of carbonyl (C=O) groups excluding carboxylic acids is 1. The maximum absolute atomic E-state index is 13.4. The fourth-order valence-electron chi connectivity index (χ4n) is 1.76. The van der Waals surface area contributed by atoms with Gasteiger partial charge in [-0.1, -0.05) is 26.0 Å². The van der Waals surface area contributed by atoms with E-state index < -0.39 is 29.6 Å². The van der Waals surface area contributed by atoms with E-state index in [4.69, 9.17) is 5.11 Å². The van der Waals surface area contributed by atoms with E-state index in [1.54, 1.807) is 13.8 Å². The Hall–Kier alpha value is -1.98. The molecule has 0 aliphatic carbocycles. The minimum absolute atomic E-state index is 0.0552. The Morgan fingerprint density at radius 1 is 1.30 bits per heavy atom. The summed E-state index contributed by atoms with van der Waals surface area (Å²) in [6.45, 7) is 3.55. The van der Waals surface area contributed by atoms with Gasteiger partial charge >= 0.3 is 5.97 Å². The van der Waals surface area contributed by atoms with E-state index in [2.05, 4.69) is 5.32 Å². The molecule has 0 fully saturated rings. The molecule has 1 atom stereocenters. The molecule has 1 rings (SSSR count). The molecule has 2 N–H and O–H groups in total. The Balaban J connectivity index is 2.70. The van der Waals surface area contributed by atoms with Gasteiger partial charge in [0.1, 0.15) is 0 Å². The van der Waals surface area contributed by atoms with Crippen LogP contribution in [0.15, 0.2) is 18.2 Å². The average molecular weight is 285 g/mol. The number of halogens is 2. The number of rotatable bonds is 6. The van der Waals surface area contributed by atoms with Crippen LogP contribution in [-0.2, 0) is 16.0 Å². The lowest BCUT2D eigenvalue weighted by Crippen LogP contribution is -2.40. The zero-order valence-corrected chi connectivity index (χ0v) is 11.3. The van der Waals surface area contributed by atoms with Crippen molar-refractivity contribution < 1.29 is 23.5 Å². The third kappa shape index (κ3) is 4.60. The number of nitrogens with one attached hydrogen (secondary N) is 1. The molecule has 110 valence electrons. The largest absolute Gasteiger partial charge is 0.481 e. The van der Waals surface area contributed by atoms with Crippen LogP contribution in [-0.4, -0.2) is 23.0 Å². The minimum Gasteiger partial charge on any atom is -0.481 e. The second-order valence-corrected chi connectivity index (χ2v) is 4.91. The van der Waals surface area contributed by atoms with Crippen molar-refractivity contribution in [3.8, 4) is 0 Å². The van der Waals surface area contributed by atoms with Crippen molar-refractivity contribution in [1.82, 2.24) is 5.32 Å². The van der Waals surface area contributed by atoms with Crippen LogP contribution in [0.2, 0.25) is 0 Å². The number of amides is 1. The number of aliphatic carboxylic acids is 1. The second-order valence-electron chi connectivity index (χ2n) is 4.91. The molecule has 4 nitrogen and oxygen atoms in total. The molecule has 6 heteroatoms. The molecule has 1 unspecified atom stereocenters. The number of carboxylic acid groups (broad SMARTS) is 1. The third-order valence-corrected chi connectivity index (χ3v) is 2.93. The van der Waals surface area contributed by atoms with Gasteiger partial charge in [-0.05, 0) is 12.0 Å². The van der Waals surface area contributed by atoms with Gasteiger partial charge in [-0.3, -0.25) is 9.59 Å².